The van der Waals surface area contributed by atoms with E-state index in [-0.39, 0.29) is 12.0 Å². The quantitative estimate of drug-likeness (QED) is 0.771. The predicted molar refractivity (Wildman–Crippen MR) is 67.0 cm³/mol. The van der Waals surface area contributed by atoms with Crippen molar-refractivity contribution in [3.8, 4) is 0 Å². The van der Waals surface area contributed by atoms with E-state index in [4.69, 9.17) is 10.5 Å². The average molecular weight is 252 g/mol. The molecule has 18 heavy (non-hydrogen) atoms. The second kappa shape index (κ2) is 5.49. The zero-order valence-electron chi connectivity index (χ0n) is 10.9. The molecule has 1 aromatic rings. The fraction of sp³-hybridized carbons (Fsp3) is 0.667. The van der Waals surface area contributed by atoms with Gasteiger partial charge in [-0.1, -0.05) is 0 Å². The maximum Gasteiger partial charge on any atom is 0.341 e. The molecule has 1 atom stereocenters. The van der Waals surface area contributed by atoms with E-state index in [1.54, 1.807) is 17.8 Å². The minimum Gasteiger partial charge on any atom is -0.462 e. The first-order chi connectivity index (χ1) is 8.61. The van der Waals surface area contributed by atoms with Crippen molar-refractivity contribution in [1.29, 1.82) is 0 Å². The van der Waals surface area contributed by atoms with Crippen molar-refractivity contribution in [2.24, 2.45) is 12.8 Å². The van der Waals surface area contributed by atoms with Gasteiger partial charge in [0.25, 0.3) is 0 Å². The van der Waals surface area contributed by atoms with Crippen LogP contribution in [0.15, 0.2) is 6.20 Å². The van der Waals surface area contributed by atoms with Crippen LogP contribution in [-0.2, 0) is 18.3 Å². The first-order valence-electron chi connectivity index (χ1n) is 6.27. The van der Waals surface area contributed by atoms with Gasteiger partial charge in [0.1, 0.15) is 5.56 Å². The molecule has 0 radical (unpaired) electrons. The van der Waals surface area contributed by atoms with Crippen LogP contribution >= 0.6 is 0 Å². The lowest BCUT2D eigenvalue weighted by Crippen LogP contribution is -2.27. The molecule has 100 valence electrons. The van der Waals surface area contributed by atoms with Crippen LogP contribution in [0.1, 0.15) is 29.4 Å². The molecule has 6 heteroatoms. The first-order valence-corrected chi connectivity index (χ1v) is 6.27. The zero-order valence-corrected chi connectivity index (χ0v) is 10.9. The lowest BCUT2D eigenvalue weighted by molar-refractivity contribution is 0.0524. The summed E-state index contributed by atoms with van der Waals surface area (Å²) in [7, 11) is 1.84. The lowest BCUT2D eigenvalue weighted by atomic mass is 10.2. The van der Waals surface area contributed by atoms with Gasteiger partial charge in [-0.15, -0.1) is 0 Å². The van der Waals surface area contributed by atoms with Gasteiger partial charge in [-0.25, -0.2) is 4.79 Å². The van der Waals surface area contributed by atoms with Crippen LogP contribution in [0.3, 0.4) is 0 Å². The van der Waals surface area contributed by atoms with Gasteiger partial charge >= 0.3 is 5.97 Å². The smallest absolute Gasteiger partial charge is 0.341 e. The summed E-state index contributed by atoms with van der Waals surface area (Å²) in [6.07, 6.45) is 2.58. The number of aryl methyl sites for hydroxylation is 1. The molecular weight excluding hydrogens is 232 g/mol. The van der Waals surface area contributed by atoms with E-state index in [1.165, 1.54) is 0 Å². The topological polar surface area (TPSA) is 73.4 Å². The van der Waals surface area contributed by atoms with Crippen molar-refractivity contribution in [2.45, 2.75) is 25.9 Å². The molecule has 1 aliphatic rings. The Morgan fingerprint density at radius 3 is 3.06 bits per heavy atom. The number of ether oxygens (including phenoxy) is 1. The number of carbonyl (C=O) groups excluding carboxylic acids is 1. The summed E-state index contributed by atoms with van der Waals surface area (Å²) < 4.78 is 6.76. The average Bonchev–Trinajstić information content (AvgIpc) is 2.88. The molecule has 0 aliphatic carbocycles. The Labute approximate surface area is 107 Å². The lowest BCUT2D eigenvalue weighted by Gasteiger charge is -2.16. The number of nitrogens with zero attached hydrogens (tertiary/aromatic N) is 3. The molecule has 1 saturated heterocycles. The summed E-state index contributed by atoms with van der Waals surface area (Å²) in [6.45, 7) is 4.70. The van der Waals surface area contributed by atoms with Crippen molar-refractivity contribution in [1.82, 2.24) is 14.7 Å². The molecule has 6 nitrogen and oxygen atoms in total. The summed E-state index contributed by atoms with van der Waals surface area (Å²) in [5.74, 6) is -0.302. The Morgan fingerprint density at radius 2 is 2.44 bits per heavy atom. The maximum absolute atomic E-state index is 11.8. The van der Waals surface area contributed by atoms with Crippen molar-refractivity contribution < 1.29 is 9.53 Å². The summed E-state index contributed by atoms with van der Waals surface area (Å²) >= 11 is 0. The molecule has 2 heterocycles. The van der Waals surface area contributed by atoms with Crippen LogP contribution < -0.4 is 5.73 Å². The van der Waals surface area contributed by atoms with Gasteiger partial charge in [-0.05, 0) is 13.3 Å². The highest BCUT2D eigenvalue weighted by Crippen LogP contribution is 2.16. The fourth-order valence-electron chi connectivity index (χ4n) is 2.25. The zero-order chi connectivity index (χ0) is 13.1. The van der Waals surface area contributed by atoms with Crippen LogP contribution in [0.25, 0.3) is 0 Å². The third kappa shape index (κ3) is 2.70. The monoisotopic (exact) mass is 252 g/mol. The molecule has 0 spiro atoms. The molecule has 0 unspecified atom stereocenters. The van der Waals surface area contributed by atoms with Crippen LogP contribution in [0.5, 0.6) is 0 Å². The van der Waals surface area contributed by atoms with E-state index < -0.39 is 0 Å². The number of likely N-dealkylation sites (tertiary alicyclic amines) is 1. The van der Waals surface area contributed by atoms with Crippen LogP contribution in [0, 0.1) is 0 Å². The summed E-state index contributed by atoms with van der Waals surface area (Å²) in [6, 6.07) is 0.240. The minimum absolute atomic E-state index is 0.240. The van der Waals surface area contributed by atoms with Crippen LogP contribution in [0.2, 0.25) is 0 Å². The van der Waals surface area contributed by atoms with Gasteiger partial charge in [0, 0.05) is 32.7 Å². The molecule has 0 bridgehead atoms. The van der Waals surface area contributed by atoms with Gasteiger partial charge in [0.2, 0.25) is 0 Å². The van der Waals surface area contributed by atoms with E-state index in [9.17, 15) is 4.79 Å². The Kier molecular flexibility index (Phi) is 3.98. The van der Waals surface area contributed by atoms with E-state index in [2.05, 4.69) is 10.00 Å². The van der Waals surface area contributed by atoms with Crippen LogP contribution in [0.4, 0.5) is 0 Å². The molecule has 1 aliphatic heterocycles. The second-order valence-electron chi connectivity index (χ2n) is 4.63. The molecule has 0 aromatic carbocycles. The van der Waals surface area contributed by atoms with E-state index in [0.717, 1.165) is 25.2 Å². The number of hydrogen-bond donors (Lipinski definition) is 1. The number of nitrogens with two attached hydrogens (primary N) is 1. The molecule has 0 saturated carbocycles. The van der Waals surface area contributed by atoms with E-state index >= 15 is 0 Å². The van der Waals surface area contributed by atoms with E-state index in [0.29, 0.717) is 18.7 Å². The molecule has 0 amide bonds. The fourth-order valence-corrected chi connectivity index (χ4v) is 2.25. The molecule has 1 aromatic heterocycles. The highest BCUT2D eigenvalue weighted by atomic mass is 16.5. The summed E-state index contributed by atoms with van der Waals surface area (Å²) in [5, 5.41) is 4.14. The third-order valence-corrected chi connectivity index (χ3v) is 3.24. The Morgan fingerprint density at radius 1 is 1.67 bits per heavy atom. The largest absolute Gasteiger partial charge is 0.462 e. The predicted octanol–water partition coefficient (Wildman–Crippen LogP) is 0.130. The highest BCUT2D eigenvalue weighted by molar-refractivity contribution is 5.90. The second-order valence-corrected chi connectivity index (χ2v) is 4.63. The number of aromatic nitrogens is 2. The van der Waals surface area contributed by atoms with Crippen molar-refractivity contribution in [2.75, 3.05) is 19.7 Å². The molecule has 2 rings (SSSR count). The third-order valence-electron chi connectivity index (χ3n) is 3.24. The molecule has 2 N–H and O–H groups in total. The Balaban J connectivity index is 2.11. The van der Waals surface area contributed by atoms with Crippen molar-refractivity contribution >= 4 is 5.97 Å². The number of rotatable bonds is 4. The molecule has 1 fully saturated rings. The normalized spacial score (nSPS) is 20.3. The molecular formula is C12H20N4O2. The SMILES string of the molecule is CCOC(=O)c1cnn(C)c1CN1CC[C@@H](N)C1. The minimum atomic E-state index is -0.302. The number of hydrogen-bond acceptors (Lipinski definition) is 5. The first kappa shape index (κ1) is 13.0. The number of esters is 1. The summed E-state index contributed by atoms with van der Waals surface area (Å²) in [5.41, 5.74) is 7.33. The van der Waals surface area contributed by atoms with Gasteiger partial charge in [0.05, 0.1) is 18.5 Å². The van der Waals surface area contributed by atoms with Gasteiger partial charge in [-0.3, -0.25) is 9.58 Å². The Bertz CT molecular complexity index is 430. The van der Waals surface area contributed by atoms with E-state index in [1.807, 2.05) is 7.05 Å². The van der Waals surface area contributed by atoms with Crippen LogP contribution in [-0.4, -0.2) is 46.4 Å². The van der Waals surface area contributed by atoms with Gasteiger partial charge in [0.15, 0.2) is 0 Å². The maximum atomic E-state index is 11.8. The van der Waals surface area contributed by atoms with Crippen molar-refractivity contribution in [3.05, 3.63) is 17.5 Å². The number of carbonyl (C=O) groups is 1. The van der Waals surface area contributed by atoms with Gasteiger partial charge in [-0.2, -0.15) is 5.10 Å². The standard InChI is InChI=1S/C12H20N4O2/c1-3-18-12(17)10-6-14-15(2)11(10)8-16-5-4-9(13)7-16/h6,9H,3-5,7-8,13H2,1-2H3/t9-/m1/s1. The highest BCUT2D eigenvalue weighted by Gasteiger charge is 2.23. The van der Waals surface area contributed by atoms with Crippen molar-refractivity contribution in [3.63, 3.8) is 0 Å². The summed E-state index contributed by atoms with van der Waals surface area (Å²) in [4.78, 5) is 14.0. The van der Waals surface area contributed by atoms with Gasteiger partial charge < -0.3 is 10.5 Å². The Hall–Kier alpha value is -1.40.